The summed E-state index contributed by atoms with van der Waals surface area (Å²) in [5.41, 5.74) is -5.54. The predicted octanol–water partition coefficient (Wildman–Crippen LogP) is -0.487. The standard InChI is InChI=1S/C30H46O12/c1-4-9-28(38)17-7-10-27(3)22(16-5-6-21(34)40-14-16)19(33)12-29(27,39)18(17)8-11-30(28,15(2)32)42-26-25(37)24(36)23(35)20(13-31)41-26/h5-6,14-15,17-20,22-26,31-33,35-39H,4,7-13H2,1-3H3. The molecule has 0 bridgehead atoms. The number of hydrogen-bond donors (Lipinski definition) is 8. The van der Waals surface area contributed by atoms with E-state index in [1.54, 1.807) is 6.07 Å². The van der Waals surface area contributed by atoms with Crippen LogP contribution < -0.4 is 5.63 Å². The van der Waals surface area contributed by atoms with Crippen LogP contribution in [-0.4, -0.2) is 107 Å². The van der Waals surface area contributed by atoms with Crippen LogP contribution in [0.25, 0.3) is 0 Å². The maximum Gasteiger partial charge on any atom is 0.335 e. The minimum absolute atomic E-state index is 0.0475. The second kappa shape index (κ2) is 11.2. The van der Waals surface area contributed by atoms with Crippen LogP contribution in [0.3, 0.4) is 0 Å². The maximum absolute atomic E-state index is 12.7. The molecule has 4 aliphatic rings. The first-order valence-corrected chi connectivity index (χ1v) is 15.1. The SMILES string of the molecule is CCCC1(O)C2CCC3(C)C(c4ccc(=O)oc4)C(O)CC3(O)C2CCC1(OC1OC(CO)C(O)C(O)C1O)C(C)O. The number of rotatable bonds is 7. The molecule has 12 nitrogen and oxygen atoms in total. The van der Waals surface area contributed by atoms with E-state index in [0.717, 1.165) is 0 Å². The number of aliphatic hydroxyl groups is 8. The molecule has 0 spiro atoms. The number of ether oxygens (including phenoxy) is 2. The molecule has 14 unspecified atom stereocenters. The van der Waals surface area contributed by atoms with Crippen molar-refractivity contribution in [2.75, 3.05) is 6.61 Å². The Balaban J connectivity index is 1.52. The van der Waals surface area contributed by atoms with Crippen molar-refractivity contribution >= 4 is 0 Å². The first-order chi connectivity index (χ1) is 19.7. The van der Waals surface area contributed by atoms with E-state index in [1.165, 1.54) is 19.3 Å². The van der Waals surface area contributed by atoms with Gasteiger partial charge in [0, 0.05) is 23.8 Å². The minimum Gasteiger partial charge on any atom is -0.431 e. The highest BCUT2D eigenvalue weighted by molar-refractivity contribution is 5.30. The zero-order chi connectivity index (χ0) is 30.8. The number of hydrogen-bond acceptors (Lipinski definition) is 12. The van der Waals surface area contributed by atoms with Crippen molar-refractivity contribution < 1.29 is 54.7 Å². The van der Waals surface area contributed by atoms with E-state index in [1.807, 2.05) is 13.8 Å². The molecule has 4 fully saturated rings. The van der Waals surface area contributed by atoms with Crippen molar-refractivity contribution in [2.24, 2.45) is 17.3 Å². The van der Waals surface area contributed by atoms with Gasteiger partial charge in [-0.1, -0.05) is 20.3 Å². The monoisotopic (exact) mass is 598 g/mol. The number of aliphatic hydroxyl groups excluding tert-OH is 6. The molecule has 12 heteroatoms. The van der Waals surface area contributed by atoms with E-state index in [0.29, 0.717) is 31.2 Å². The summed E-state index contributed by atoms with van der Waals surface area (Å²) in [6, 6.07) is 2.91. The molecule has 8 N–H and O–H groups in total. The molecule has 1 aromatic heterocycles. The Morgan fingerprint density at radius 1 is 1.05 bits per heavy atom. The van der Waals surface area contributed by atoms with Crippen LogP contribution in [-0.2, 0) is 9.47 Å². The lowest BCUT2D eigenvalue weighted by Gasteiger charge is -2.65. The third-order valence-corrected chi connectivity index (χ3v) is 11.4. The lowest BCUT2D eigenvalue weighted by atomic mass is 9.46. The van der Waals surface area contributed by atoms with Crippen LogP contribution in [0.2, 0.25) is 0 Å². The van der Waals surface area contributed by atoms with Gasteiger partial charge < -0.3 is 54.7 Å². The van der Waals surface area contributed by atoms with Gasteiger partial charge in [-0.05, 0) is 62.5 Å². The lowest BCUT2D eigenvalue weighted by molar-refractivity contribution is -0.380. The van der Waals surface area contributed by atoms with Gasteiger partial charge in [-0.15, -0.1) is 0 Å². The maximum atomic E-state index is 12.7. The summed E-state index contributed by atoms with van der Waals surface area (Å²) >= 11 is 0. The van der Waals surface area contributed by atoms with Crippen molar-refractivity contribution in [2.45, 2.75) is 131 Å². The Morgan fingerprint density at radius 3 is 2.33 bits per heavy atom. The fraction of sp³-hybridized carbons (Fsp3) is 0.833. The summed E-state index contributed by atoms with van der Waals surface area (Å²) in [5, 5.41) is 88.9. The summed E-state index contributed by atoms with van der Waals surface area (Å²) in [6.45, 7) is 4.62. The number of fused-ring (bicyclic) bond motifs is 3. The average molecular weight is 599 g/mol. The molecule has 3 aliphatic carbocycles. The highest BCUT2D eigenvalue weighted by Crippen LogP contribution is 2.69. The van der Waals surface area contributed by atoms with E-state index in [4.69, 9.17) is 13.9 Å². The van der Waals surface area contributed by atoms with Gasteiger partial charge in [-0.3, -0.25) is 0 Å². The normalized spacial score (nSPS) is 49.7. The van der Waals surface area contributed by atoms with Crippen LogP contribution in [0, 0.1) is 17.3 Å². The van der Waals surface area contributed by atoms with E-state index in [-0.39, 0.29) is 19.3 Å². The smallest absolute Gasteiger partial charge is 0.335 e. The van der Waals surface area contributed by atoms with E-state index in [9.17, 15) is 45.6 Å². The van der Waals surface area contributed by atoms with Crippen LogP contribution in [0.1, 0.15) is 77.2 Å². The van der Waals surface area contributed by atoms with Gasteiger partial charge in [-0.2, -0.15) is 0 Å². The molecule has 1 aliphatic heterocycles. The van der Waals surface area contributed by atoms with Crippen LogP contribution in [0.5, 0.6) is 0 Å². The fourth-order valence-corrected chi connectivity index (χ4v) is 9.33. The molecule has 2 heterocycles. The second-order valence-electron chi connectivity index (χ2n) is 13.3. The molecule has 1 saturated heterocycles. The third-order valence-electron chi connectivity index (χ3n) is 11.4. The summed E-state index contributed by atoms with van der Waals surface area (Å²) in [5.74, 6) is -1.59. The topological polar surface area (TPSA) is 211 Å². The van der Waals surface area contributed by atoms with E-state index >= 15 is 0 Å². The molecule has 42 heavy (non-hydrogen) atoms. The Bertz CT molecular complexity index is 1150. The van der Waals surface area contributed by atoms with Crippen molar-refractivity contribution in [3.63, 3.8) is 0 Å². The van der Waals surface area contributed by atoms with Crippen LogP contribution in [0.4, 0.5) is 0 Å². The van der Waals surface area contributed by atoms with E-state index in [2.05, 4.69) is 0 Å². The second-order valence-corrected chi connectivity index (χ2v) is 13.3. The largest absolute Gasteiger partial charge is 0.431 e. The molecule has 0 aromatic carbocycles. The van der Waals surface area contributed by atoms with Gasteiger partial charge >= 0.3 is 5.63 Å². The van der Waals surface area contributed by atoms with Gasteiger partial charge in [-0.25, -0.2) is 4.79 Å². The van der Waals surface area contributed by atoms with Crippen molar-refractivity contribution in [1.29, 1.82) is 0 Å². The minimum atomic E-state index is -1.72. The van der Waals surface area contributed by atoms with Gasteiger partial charge in [0.25, 0.3) is 0 Å². The van der Waals surface area contributed by atoms with Gasteiger partial charge in [0.05, 0.1) is 36.3 Å². The molecule has 3 saturated carbocycles. The molecule has 0 radical (unpaired) electrons. The van der Waals surface area contributed by atoms with E-state index < -0.39 is 95.1 Å². The molecule has 5 rings (SSSR count). The fourth-order valence-electron chi connectivity index (χ4n) is 9.33. The summed E-state index contributed by atoms with van der Waals surface area (Å²) in [6.07, 6.45) is -6.79. The first-order valence-electron chi connectivity index (χ1n) is 15.1. The van der Waals surface area contributed by atoms with Crippen LogP contribution in [0.15, 0.2) is 27.6 Å². The molecule has 238 valence electrons. The molecule has 1 aromatic rings. The summed E-state index contributed by atoms with van der Waals surface area (Å²) in [4.78, 5) is 11.6. The first kappa shape index (κ1) is 32.0. The zero-order valence-corrected chi connectivity index (χ0v) is 24.4. The Labute approximate surface area is 244 Å². The Hall–Kier alpha value is -1.45. The van der Waals surface area contributed by atoms with Crippen molar-refractivity contribution in [1.82, 2.24) is 0 Å². The third kappa shape index (κ3) is 4.45. The zero-order valence-electron chi connectivity index (χ0n) is 24.4. The molecular formula is C30H46O12. The Kier molecular flexibility index (Phi) is 8.50. The van der Waals surface area contributed by atoms with Crippen molar-refractivity contribution in [3.8, 4) is 0 Å². The quantitative estimate of drug-likeness (QED) is 0.187. The highest BCUT2D eigenvalue weighted by atomic mass is 16.7. The van der Waals surface area contributed by atoms with Gasteiger partial charge in [0.2, 0.25) is 0 Å². The van der Waals surface area contributed by atoms with Crippen molar-refractivity contribution in [3.05, 3.63) is 34.4 Å². The Morgan fingerprint density at radius 2 is 1.74 bits per heavy atom. The average Bonchev–Trinajstić information content (AvgIpc) is 3.15. The summed E-state index contributed by atoms with van der Waals surface area (Å²) < 4.78 is 17.1. The van der Waals surface area contributed by atoms with Crippen LogP contribution >= 0.6 is 0 Å². The predicted molar refractivity (Wildman–Crippen MR) is 146 cm³/mol. The summed E-state index contributed by atoms with van der Waals surface area (Å²) in [7, 11) is 0. The van der Waals surface area contributed by atoms with Gasteiger partial charge in [0.1, 0.15) is 30.0 Å². The molecule has 0 amide bonds. The lowest BCUT2D eigenvalue weighted by Crippen LogP contribution is -2.74. The molecular weight excluding hydrogens is 552 g/mol. The molecule has 14 atom stereocenters. The van der Waals surface area contributed by atoms with Gasteiger partial charge in [0.15, 0.2) is 6.29 Å². The highest BCUT2D eigenvalue weighted by Gasteiger charge is 2.73.